The number of aliphatic hydroxyl groups excluding tert-OH is 1. The van der Waals surface area contributed by atoms with Crippen molar-refractivity contribution in [3.63, 3.8) is 0 Å². The van der Waals surface area contributed by atoms with Crippen molar-refractivity contribution in [1.82, 2.24) is 0 Å². The summed E-state index contributed by atoms with van der Waals surface area (Å²) in [6, 6.07) is 7.26. The summed E-state index contributed by atoms with van der Waals surface area (Å²) in [6.45, 7) is 1.56. The summed E-state index contributed by atoms with van der Waals surface area (Å²) >= 11 is 0. The SMILES string of the molecule is COc1ccc(C=CC(=O)OC2CCC(CC=C(C)C(=O)O)CC2O)cc1. The molecule has 3 unspecified atom stereocenters. The third-order valence-corrected chi connectivity index (χ3v) is 4.75. The number of allylic oxidation sites excluding steroid dienone is 1. The van der Waals surface area contributed by atoms with Gasteiger partial charge in [-0.25, -0.2) is 9.59 Å². The van der Waals surface area contributed by atoms with E-state index in [4.69, 9.17) is 14.6 Å². The summed E-state index contributed by atoms with van der Waals surface area (Å²) in [5.74, 6) is -0.487. The molecule has 2 rings (SSSR count). The summed E-state index contributed by atoms with van der Waals surface area (Å²) in [5, 5.41) is 19.1. The lowest BCUT2D eigenvalue weighted by molar-refractivity contribution is -0.152. The zero-order valence-electron chi connectivity index (χ0n) is 15.6. The van der Waals surface area contributed by atoms with E-state index in [-0.39, 0.29) is 5.92 Å². The zero-order chi connectivity index (χ0) is 19.8. The van der Waals surface area contributed by atoms with E-state index in [1.165, 1.54) is 6.08 Å². The normalized spacial score (nSPS) is 23.2. The Hall–Kier alpha value is -2.60. The Labute approximate surface area is 159 Å². The predicted molar refractivity (Wildman–Crippen MR) is 101 cm³/mol. The van der Waals surface area contributed by atoms with Crippen molar-refractivity contribution in [3.8, 4) is 5.75 Å². The van der Waals surface area contributed by atoms with Crippen molar-refractivity contribution in [1.29, 1.82) is 0 Å². The number of methoxy groups -OCH3 is 1. The number of rotatable bonds is 7. The van der Waals surface area contributed by atoms with Gasteiger partial charge in [-0.05, 0) is 62.3 Å². The fourth-order valence-electron chi connectivity index (χ4n) is 3.05. The Morgan fingerprint density at radius 1 is 1.22 bits per heavy atom. The number of carboxylic acids is 1. The standard InChI is InChI=1S/C21H26O6/c1-14(21(24)25)3-4-16-7-11-19(18(22)13-16)27-20(23)12-8-15-5-9-17(26-2)10-6-15/h3,5-6,8-10,12,16,18-19,22H,4,7,11,13H2,1-2H3,(H,24,25). The molecule has 0 spiro atoms. The van der Waals surface area contributed by atoms with E-state index in [1.807, 2.05) is 12.1 Å². The van der Waals surface area contributed by atoms with Crippen molar-refractivity contribution < 1.29 is 29.3 Å². The van der Waals surface area contributed by atoms with Gasteiger partial charge in [0, 0.05) is 11.6 Å². The number of carbonyl (C=O) groups is 2. The van der Waals surface area contributed by atoms with Gasteiger partial charge >= 0.3 is 11.9 Å². The van der Waals surface area contributed by atoms with Crippen LogP contribution in [0.4, 0.5) is 0 Å². The molecule has 1 aromatic rings. The first kappa shape index (κ1) is 20.7. The van der Waals surface area contributed by atoms with Gasteiger partial charge in [-0.1, -0.05) is 18.2 Å². The lowest BCUT2D eigenvalue weighted by atomic mass is 9.83. The van der Waals surface area contributed by atoms with E-state index in [9.17, 15) is 14.7 Å². The molecule has 3 atom stereocenters. The molecule has 1 aliphatic rings. The van der Waals surface area contributed by atoms with Gasteiger partial charge in [0.25, 0.3) is 0 Å². The predicted octanol–water partition coefficient (Wildman–Crippen LogP) is 3.20. The highest BCUT2D eigenvalue weighted by Gasteiger charge is 2.31. The molecule has 6 nitrogen and oxygen atoms in total. The number of hydrogen-bond acceptors (Lipinski definition) is 5. The molecule has 1 aromatic carbocycles. The molecule has 0 aromatic heterocycles. The Morgan fingerprint density at radius 2 is 1.93 bits per heavy atom. The van der Waals surface area contributed by atoms with Gasteiger partial charge in [0.2, 0.25) is 0 Å². The molecule has 0 radical (unpaired) electrons. The van der Waals surface area contributed by atoms with Crippen LogP contribution in [0, 0.1) is 5.92 Å². The van der Waals surface area contributed by atoms with E-state index in [0.717, 1.165) is 17.7 Å². The highest BCUT2D eigenvalue weighted by atomic mass is 16.6. The van der Waals surface area contributed by atoms with Crippen LogP contribution in [-0.4, -0.2) is 41.5 Å². The van der Waals surface area contributed by atoms with Crippen LogP contribution in [0.1, 0.15) is 38.2 Å². The van der Waals surface area contributed by atoms with Crippen LogP contribution in [0.15, 0.2) is 42.0 Å². The molecule has 146 valence electrons. The average molecular weight is 374 g/mol. The number of ether oxygens (including phenoxy) is 2. The quantitative estimate of drug-likeness (QED) is 0.562. The van der Waals surface area contributed by atoms with Gasteiger partial charge in [0.15, 0.2) is 0 Å². The zero-order valence-corrected chi connectivity index (χ0v) is 15.6. The van der Waals surface area contributed by atoms with Crippen LogP contribution in [0.25, 0.3) is 6.08 Å². The fraction of sp³-hybridized carbons (Fsp3) is 0.429. The van der Waals surface area contributed by atoms with Crippen molar-refractivity contribution in [3.05, 3.63) is 47.6 Å². The number of carboxylic acid groups (broad SMARTS) is 1. The summed E-state index contributed by atoms with van der Waals surface area (Å²) in [5.41, 5.74) is 1.15. The van der Waals surface area contributed by atoms with Crippen molar-refractivity contribution >= 4 is 18.0 Å². The first-order valence-corrected chi connectivity index (χ1v) is 9.00. The lowest BCUT2D eigenvalue weighted by Crippen LogP contribution is -2.37. The monoisotopic (exact) mass is 374 g/mol. The third kappa shape index (κ3) is 6.57. The van der Waals surface area contributed by atoms with Gasteiger partial charge in [-0.15, -0.1) is 0 Å². The minimum atomic E-state index is -0.929. The Bertz CT molecular complexity index is 704. The van der Waals surface area contributed by atoms with Crippen LogP contribution in [0.5, 0.6) is 5.75 Å². The average Bonchev–Trinajstić information content (AvgIpc) is 2.66. The second-order valence-electron chi connectivity index (χ2n) is 6.76. The first-order chi connectivity index (χ1) is 12.9. The maximum atomic E-state index is 12.0. The van der Waals surface area contributed by atoms with Gasteiger partial charge in [-0.3, -0.25) is 0 Å². The van der Waals surface area contributed by atoms with E-state index in [2.05, 4.69) is 0 Å². The Morgan fingerprint density at radius 3 is 2.52 bits per heavy atom. The third-order valence-electron chi connectivity index (χ3n) is 4.75. The molecule has 1 aliphatic carbocycles. The molecule has 0 heterocycles. The minimum absolute atomic E-state index is 0.194. The maximum Gasteiger partial charge on any atom is 0.331 e. The van der Waals surface area contributed by atoms with Gasteiger partial charge in [-0.2, -0.15) is 0 Å². The number of benzene rings is 1. The molecule has 6 heteroatoms. The van der Waals surface area contributed by atoms with Crippen LogP contribution >= 0.6 is 0 Å². The Balaban J connectivity index is 1.82. The van der Waals surface area contributed by atoms with Crippen molar-refractivity contribution in [2.24, 2.45) is 5.92 Å². The highest BCUT2D eigenvalue weighted by Crippen LogP contribution is 2.29. The molecular formula is C21H26O6. The second-order valence-corrected chi connectivity index (χ2v) is 6.76. The van der Waals surface area contributed by atoms with E-state index in [1.54, 1.807) is 38.3 Å². The van der Waals surface area contributed by atoms with Crippen molar-refractivity contribution in [2.45, 2.75) is 44.8 Å². The molecule has 2 N–H and O–H groups in total. The number of esters is 1. The van der Waals surface area contributed by atoms with Gasteiger partial charge in [0.1, 0.15) is 11.9 Å². The topological polar surface area (TPSA) is 93.1 Å². The number of aliphatic hydroxyl groups is 1. The van der Waals surface area contributed by atoms with Crippen LogP contribution in [-0.2, 0) is 14.3 Å². The fourth-order valence-corrected chi connectivity index (χ4v) is 3.05. The molecule has 0 aliphatic heterocycles. The van der Waals surface area contributed by atoms with Crippen molar-refractivity contribution in [2.75, 3.05) is 7.11 Å². The summed E-state index contributed by atoms with van der Waals surface area (Å²) < 4.78 is 10.5. The Kier molecular flexibility index (Phi) is 7.61. The van der Waals surface area contributed by atoms with Crippen LogP contribution in [0.2, 0.25) is 0 Å². The maximum absolute atomic E-state index is 12.0. The minimum Gasteiger partial charge on any atom is -0.497 e. The molecule has 0 amide bonds. The molecule has 27 heavy (non-hydrogen) atoms. The first-order valence-electron chi connectivity index (χ1n) is 9.00. The second kappa shape index (κ2) is 9.92. The number of hydrogen-bond donors (Lipinski definition) is 2. The number of carbonyl (C=O) groups excluding carboxylic acids is 1. The number of aliphatic carboxylic acids is 1. The lowest BCUT2D eigenvalue weighted by Gasteiger charge is -2.32. The van der Waals surface area contributed by atoms with E-state index >= 15 is 0 Å². The van der Waals surface area contributed by atoms with E-state index < -0.39 is 24.1 Å². The smallest absolute Gasteiger partial charge is 0.331 e. The molecule has 0 bridgehead atoms. The summed E-state index contributed by atoms with van der Waals surface area (Å²) in [7, 11) is 1.59. The summed E-state index contributed by atoms with van der Waals surface area (Å²) in [4.78, 5) is 22.8. The van der Waals surface area contributed by atoms with E-state index in [0.29, 0.717) is 24.8 Å². The van der Waals surface area contributed by atoms with Gasteiger partial charge in [0.05, 0.1) is 13.2 Å². The van der Waals surface area contributed by atoms with Crippen LogP contribution < -0.4 is 4.74 Å². The molecule has 1 fully saturated rings. The molecular weight excluding hydrogens is 348 g/mol. The van der Waals surface area contributed by atoms with Gasteiger partial charge < -0.3 is 19.7 Å². The largest absolute Gasteiger partial charge is 0.497 e. The van der Waals surface area contributed by atoms with Crippen LogP contribution in [0.3, 0.4) is 0 Å². The molecule has 1 saturated carbocycles. The highest BCUT2D eigenvalue weighted by molar-refractivity contribution is 5.87. The molecule has 0 saturated heterocycles. The summed E-state index contributed by atoms with van der Waals surface area (Å²) in [6.07, 6.45) is 5.85.